The number of carboxylic acid groups (broad SMARTS) is 1. The zero-order valence-corrected chi connectivity index (χ0v) is 5.13. The molecule has 0 spiro atoms. The molecule has 50 valence electrons. The lowest BCUT2D eigenvalue weighted by Gasteiger charge is -2.00. The van der Waals surface area contributed by atoms with Crippen LogP contribution >= 0.6 is 0 Å². The zero-order chi connectivity index (χ0) is 7.44. The molecule has 0 saturated carbocycles. The van der Waals surface area contributed by atoms with E-state index >= 15 is 0 Å². The first-order valence-electron chi connectivity index (χ1n) is 2.52. The van der Waals surface area contributed by atoms with Crippen LogP contribution in [0.1, 0.15) is 6.42 Å². The van der Waals surface area contributed by atoms with Gasteiger partial charge in [-0.3, -0.25) is 4.79 Å². The van der Waals surface area contributed by atoms with Crippen LogP contribution in [0.5, 0.6) is 0 Å². The molecule has 0 aromatic heterocycles. The molecule has 0 heterocycles. The summed E-state index contributed by atoms with van der Waals surface area (Å²) in [4.78, 5) is 20.2. The minimum Gasteiger partial charge on any atom is -0.480 e. The van der Waals surface area contributed by atoms with Gasteiger partial charge in [-0.1, -0.05) is 0 Å². The molecule has 4 nitrogen and oxygen atoms in total. The van der Waals surface area contributed by atoms with Crippen LogP contribution in [0.25, 0.3) is 0 Å². The van der Waals surface area contributed by atoms with Crippen LogP contribution in [0, 0.1) is 0 Å². The number of carbonyl (C=O) groups is 2. The Bertz CT molecular complexity index is 136. The van der Waals surface area contributed by atoms with Crippen LogP contribution in [0.2, 0.25) is 0 Å². The third-order valence-electron chi connectivity index (χ3n) is 0.825. The van der Waals surface area contributed by atoms with Crippen molar-refractivity contribution < 1.29 is 14.7 Å². The second kappa shape index (κ2) is 3.24. The molecule has 0 amide bonds. The summed E-state index contributed by atoms with van der Waals surface area (Å²) in [6.45, 7) is 0. The summed E-state index contributed by atoms with van der Waals surface area (Å²) in [7, 11) is 1.31. The third kappa shape index (κ3) is 3.72. The number of nitrogens with two attached hydrogens (primary N) is 1. The van der Waals surface area contributed by atoms with Crippen LogP contribution < -0.4 is 5.73 Å². The van der Waals surface area contributed by atoms with Gasteiger partial charge in [0.05, 0.1) is 5.68 Å². The summed E-state index contributed by atoms with van der Waals surface area (Å²) >= 11 is 0. The molecule has 0 fully saturated rings. The summed E-state index contributed by atoms with van der Waals surface area (Å²) in [5.41, 5.74) is 4.79. The van der Waals surface area contributed by atoms with Crippen LogP contribution in [0.4, 0.5) is 0 Å². The molecule has 9 heavy (non-hydrogen) atoms. The van der Waals surface area contributed by atoms with Gasteiger partial charge >= 0.3 is 5.97 Å². The van der Waals surface area contributed by atoms with Crippen molar-refractivity contribution in [3.05, 3.63) is 0 Å². The zero-order valence-electron chi connectivity index (χ0n) is 5.13. The monoisotopic (exact) mass is 129 g/mol. The average Bonchev–Trinajstić information content (AvgIpc) is 1.63. The molecule has 3 N–H and O–H groups in total. The van der Waals surface area contributed by atoms with Gasteiger partial charge in [0.2, 0.25) is 0 Å². The maximum Gasteiger partial charge on any atom is 0.320 e. The van der Waals surface area contributed by atoms with Crippen molar-refractivity contribution in [1.29, 1.82) is 0 Å². The van der Waals surface area contributed by atoms with E-state index in [9.17, 15) is 9.59 Å². The lowest BCUT2D eigenvalue weighted by atomic mass is 9.96. The predicted octanol–water partition coefficient (Wildman–Crippen LogP) is -2.05. The SMILES string of the molecule is BC(=O)CC(N)C(=O)O. The van der Waals surface area contributed by atoms with Crippen molar-refractivity contribution in [2.24, 2.45) is 5.73 Å². The molecule has 0 radical (unpaired) electrons. The van der Waals surface area contributed by atoms with E-state index in [0.29, 0.717) is 0 Å². The summed E-state index contributed by atoms with van der Waals surface area (Å²) < 4.78 is 0. The fourth-order valence-corrected chi connectivity index (χ4v) is 0.397. The Balaban J connectivity index is 3.63. The van der Waals surface area contributed by atoms with Gasteiger partial charge in [0, 0.05) is 6.42 Å². The van der Waals surface area contributed by atoms with Crippen molar-refractivity contribution in [2.75, 3.05) is 0 Å². The Hall–Kier alpha value is -0.835. The van der Waals surface area contributed by atoms with Gasteiger partial charge in [-0.05, 0) is 0 Å². The Morgan fingerprint density at radius 3 is 2.22 bits per heavy atom. The lowest BCUT2D eigenvalue weighted by Crippen LogP contribution is -2.32. The molecule has 0 rings (SSSR count). The quantitative estimate of drug-likeness (QED) is 0.429. The standard InChI is InChI=1S/C4H8BNO3/c5-3(7)1-2(6)4(8)9/h2H,1,5-6H2,(H,8,9). The number of aliphatic carboxylic acids is 1. The molecule has 1 unspecified atom stereocenters. The van der Waals surface area contributed by atoms with Crippen molar-refractivity contribution in [1.82, 2.24) is 0 Å². The van der Waals surface area contributed by atoms with E-state index in [1.807, 2.05) is 0 Å². The van der Waals surface area contributed by atoms with Gasteiger partial charge in [-0.2, -0.15) is 0 Å². The van der Waals surface area contributed by atoms with E-state index in [1.54, 1.807) is 0 Å². The number of carbonyl (C=O) groups excluding carboxylic acids is 1. The normalized spacial score (nSPS) is 12.6. The smallest absolute Gasteiger partial charge is 0.320 e. The second-order valence-corrected chi connectivity index (χ2v) is 1.85. The molecule has 0 aliphatic heterocycles. The molecular weight excluding hydrogens is 121 g/mol. The Kier molecular flexibility index (Phi) is 2.94. The van der Waals surface area contributed by atoms with E-state index in [1.165, 1.54) is 7.85 Å². The van der Waals surface area contributed by atoms with Crippen LogP contribution in [0.15, 0.2) is 0 Å². The van der Waals surface area contributed by atoms with Crippen molar-refractivity contribution in [2.45, 2.75) is 12.5 Å². The Morgan fingerprint density at radius 2 is 2.11 bits per heavy atom. The highest BCUT2D eigenvalue weighted by Gasteiger charge is 2.12. The summed E-state index contributed by atoms with van der Waals surface area (Å²) in [5.74, 6) is -1.13. The first kappa shape index (κ1) is 8.16. The largest absolute Gasteiger partial charge is 0.480 e. The van der Waals surface area contributed by atoms with Gasteiger partial charge in [-0.25, -0.2) is 0 Å². The Morgan fingerprint density at radius 1 is 1.67 bits per heavy atom. The molecule has 0 bridgehead atoms. The predicted molar refractivity (Wildman–Crippen MR) is 33.8 cm³/mol. The number of hydrogen-bond donors (Lipinski definition) is 2. The number of carboxylic acids is 1. The van der Waals surface area contributed by atoms with Crippen LogP contribution in [-0.4, -0.2) is 30.6 Å². The van der Waals surface area contributed by atoms with Crippen molar-refractivity contribution in [3.63, 3.8) is 0 Å². The maximum atomic E-state index is 10.2. The molecule has 0 saturated heterocycles. The van der Waals surface area contributed by atoms with Crippen molar-refractivity contribution >= 4 is 19.5 Å². The number of rotatable bonds is 3. The Labute approximate surface area is 53.4 Å². The highest BCUT2D eigenvalue weighted by molar-refractivity contribution is 6.57. The maximum absolute atomic E-state index is 10.2. The van der Waals surface area contributed by atoms with E-state index in [-0.39, 0.29) is 12.1 Å². The van der Waals surface area contributed by atoms with Crippen molar-refractivity contribution in [3.8, 4) is 0 Å². The highest BCUT2D eigenvalue weighted by Crippen LogP contribution is 1.85. The molecular formula is C4H8BNO3. The van der Waals surface area contributed by atoms with E-state index in [2.05, 4.69) is 0 Å². The minimum atomic E-state index is -1.13. The highest BCUT2D eigenvalue weighted by atomic mass is 16.4. The average molecular weight is 129 g/mol. The fourth-order valence-electron chi connectivity index (χ4n) is 0.397. The molecule has 5 heteroatoms. The second-order valence-electron chi connectivity index (χ2n) is 1.85. The van der Waals surface area contributed by atoms with Crippen LogP contribution in [0.3, 0.4) is 0 Å². The topological polar surface area (TPSA) is 80.4 Å². The van der Waals surface area contributed by atoms with Gasteiger partial charge < -0.3 is 15.6 Å². The van der Waals surface area contributed by atoms with E-state index in [0.717, 1.165) is 0 Å². The van der Waals surface area contributed by atoms with Crippen LogP contribution in [-0.2, 0) is 9.59 Å². The molecule has 0 aliphatic carbocycles. The minimum absolute atomic E-state index is 0.0880. The summed E-state index contributed by atoms with van der Waals surface area (Å²) in [5, 5.41) is 8.15. The molecule has 0 aromatic carbocycles. The lowest BCUT2D eigenvalue weighted by molar-refractivity contribution is -0.139. The summed E-state index contributed by atoms with van der Waals surface area (Å²) in [6, 6.07) is -1.04. The molecule has 1 atom stereocenters. The fraction of sp³-hybridized carbons (Fsp3) is 0.500. The van der Waals surface area contributed by atoms with Gasteiger partial charge in [0.15, 0.2) is 7.85 Å². The number of hydrogen-bond acceptors (Lipinski definition) is 3. The van der Waals surface area contributed by atoms with E-state index in [4.69, 9.17) is 10.8 Å². The third-order valence-corrected chi connectivity index (χ3v) is 0.825. The molecule has 0 aromatic rings. The van der Waals surface area contributed by atoms with E-state index < -0.39 is 12.0 Å². The van der Waals surface area contributed by atoms with Gasteiger partial charge in [-0.15, -0.1) is 0 Å². The first-order valence-corrected chi connectivity index (χ1v) is 2.52. The molecule has 0 aliphatic rings. The van der Waals surface area contributed by atoms with Gasteiger partial charge in [0.1, 0.15) is 6.04 Å². The summed E-state index contributed by atoms with van der Waals surface area (Å²) in [6.07, 6.45) is -0.0880. The first-order chi connectivity index (χ1) is 4.04. The van der Waals surface area contributed by atoms with Gasteiger partial charge in [0.25, 0.3) is 0 Å².